The number of piperazine rings is 1. The number of rotatable bonds is 5. The molecule has 2 aliphatic heterocycles. The second-order valence-electron chi connectivity index (χ2n) is 7.71. The van der Waals surface area contributed by atoms with Gasteiger partial charge in [0.2, 0.25) is 17.8 Å². The topological polar surface area (TPSA) is 69.6 Å². The molecule has 3 heterocycles. The van der Waals surface area contributed by atoms with Crippen molar-refractivity contribution in [3.8, 4) is 0 Å². The summed E-state index contributed by atoms with van der Waals surface area (Å²) in [4.78, 5) is 39.0. The molecule has 3 fully saturated rings. The van der Waals surface area contributed by atoms with E-state index in [0.29, 0.717) is 12.5 Å². The van der Waals surface area contributed by atoms with Crippen LogP contribution in [-0.4, -0.2) is 70.9 Å². The fraction of sp³-hybridized carbons (Fsp3) is 0.684. The largest absolute Gasteiger partial charge is 0.338 e. The summed E-state index contributed by atoms with van der Waals surface area (Å²) >= 11 is 0. The summed E-state index contributed by atoms with van der Waals surface area (Å²) in [6.07, 6.45) is 7.07. The number of carbonyl (C=O) groups excluding carboxylic acids is 2. The second-order valence-corrected chi connectivity index (χ2v) is 7.71. The van der Waals surface area contributed by atoms with E-state index in [2.05, 4.69) is 14.9 Å². The molecular formula is C19H26FN5O2. The van der Waals surface area contributed by atoms with Crippen LogP contribution in [0.25, 0.3) is 0 Å². The molecule has 0 aromatic carbocycles. The number of nitrogens with zero attached hydrogens (tertiary/aromatic N) is 5. The monoisotopic (exact) mass is 375 g/mol. The van der Waals surface area contributed by atoms with Crippen LogP contribution in [0.5, 0.6) is 0 Å². The first-order chi connectivity index (χ1) is 13.1. The summed E-state index contributed by atoms with van der Waals surface area (Å²) in [7, 11) is 0. The molecule has 8 heteroatoms. The van der Waals surface area contributed by atoms with Crippen LogP contribution in [0.15, 0.2) is 12.4 Å². The van der Waals surface area contributed by atoms with Crippen LogP contribution in [0, 0.1) is 17.7 Å². The molecule has 0 N–H and O–H groups in total. The fourth-order valence-electron chi connectivity index (χ4n) is 4.54. The zero-order chi connectivity index (χ0) is 18.8. The standard InChI is InChI=1S/C19H26FN5O2/c20-14-12-21-19(22-13-14)24-10-8-23(9-11-24)6-3-7-25-17(26)15-4-1-2-5-16(15)18(25)27/h12-13,15-16H,1-11H2. The van der Waals surface area contributed by atoms with Gasteiger partial charge in [0.1, 0.15) is 0 Å². The molecule has 0 bridgehead atoms. The molecule has 1 aromatic heterocycles. The lowest BCUT2D eigenvalue weighted by Gasteiger charge is -2.34. The molecule has 146 valence electrons. The normalized spacial score (nSPS) is 26.6. The van der Waals surface area contributed by atoms with E-state index in [0.717, 1.165) is 64.8 Å². The first kappa shape index (κ1) is 18.3. The van der Waals surface area contributed by atoms with Crippen molar-refractivity contribution >= 4 is 17.8 Å². The molecule has 4 rings (SSSR count). The molecule has 0 radical (unpaired) electrons. The SMILES string of the molecule is O=C1C2CCCCC2C(=O)N1CCCN1CCN(c2ncc(F)cn2)CC1. The molecule has 2 unspecified atom stereocenters. The molecule has 3 aliphatic rings. The highest BCUT2D eigenvalue weighted by Crippen LogP contribution is 2.37. The van der Waals surface area contributed by atoms with Gasteiger partial charge in [0.05, 0.1) is 24.2 Å². The van der Waals surface area contributed by atoms with Crippen LogP contribution in [0.3, 0.4) is 0 Å². The Morgan fingerprint density at radius 2 is 1.52 bits per heavy atom. The van der Waals surface area contributed by atoms with Gasteiger partial charge in [0.15, 0.2) is 5.82 Å². The highest BCUT2D eigenvalue weighted by molar-refractivity contribution is 6.05. The highest BCUT2D eigenvalue weighted by Gasteiger charge is 2.47. The predicted molar refractivity (Wildman–Crippen MR) is 97.4 cm³/mol. The van der Waals surface area contributed by atoms with Crippen molar-refractivity contribution in [3.63, 3.8) is 0 Å². The van der Waals surface area contributed by atoms with Crippen molar-refractivity contribution in [1.82, 2.24) is 19.8 Å². The highest BCUT2D eigenvalue weighted by atomic mass is 19.1. The van der Waals surface area contributed by atoms with Gasteiger partial charge in [0.25, 0.3) is 0 Å². The van der Waals surface area contributed by atoms with Crippen LogP contribution in [-0.2, 0) is 9.59 Å². The maximum Gasteiger partial charge on any atom is 0.233 e. The fourth-order valence-corrected chi connectivity index (χ4v) is 4.54. The van der Waals surface area contributed by atoms with Crippen molar-refractivity contribution < 1.29 is 14.0 Å². The number of anilines is 1. The number of carbonyl (C=O) groups is 2. The van der Waals surface area contributed by atoms with E-state index in [1.807, 2.05) is 4.90 Å². The summed E-state index contributed by atoms with van der Waals surface area (Å²) in [5.74, 6) is 0.150. The van der Waals surface area contributed by atoms with Crippen molar-refractivity contribution in [3.05, 3.63) is 18.2 Å². The Hall–Kier alpha value is -2.09. The Balaban J connectivity index is 1.22. The Morgan fingerprint density at radius 3 is 2.11 bits per heavy atom. The summed E-state index contributed by atoms with van der Waals surface area (Å²) in [6.45, 7) is 4.72. The maximum atomic E-state index is 12.9. The van der Waals surface area contributed by atoms with Gasteiger partial charge >= 0.3 is 0 Å². The van der Waals surface area contributed by atoms with Crippen molar-refractivity contribution in [2.24, 2.45) is 11.8 Å². The average Bonchev–Trinajstić information content (AvgIpc) is 2.94. The lowest BCUT2D eigenvalue weighted by atomic mass is 9.81. The summed E-state index contributed by atoms with van der Waals surface area (Å²) in [5, 5.41) is 0. The first-order valence-corrected chi connectivity index (χ1v) is 9.93. The predicted octanol–water partition coefficient (Wildman–Crippen LogP) is 1.30. The molecular weight excluding hydrogens is 349 g/mol. The number of hydrogen-bond donors (Lipinski definition) is 0. The van der Waals surface area contributed by atoms with E-state index in [-0.39, 0.29) is 23.7 Å². The lowest BCUT2D eigenvalue weighted by Crippen LogP contribution is -2.47. The van der Waals surface area contributed by atoms with Crippen LogP contribution in [0.4, 0.5) is 10.3 Å². The maximum absolute atomic E-state index is 12.9. The Kier molecular flexibility index (Phi) is 5.33. The van der Waals surface area contributed by atoms with E-state index in [1.54, 1.807) is 0 Å². The first-order valence-electron chi connectivity index (χ1n) is 9.93. The quantitative estimate of drug-likeness (QED) is 0.723. The Labute approximate surface area is 158 Å². The van der Waals surface area contributed by atoms with Gasteiger partial charge in [-0.1, -0.05) is 12.8 Å². The lowest BCUT2D eigenvalue weighted by molar-refractivity contribution is -0.140. The summed E-state index contributed by atoms with van der Waals surface area (Å²) in [5.41, 5.74) is 0. The zero-order valence-electron chi connectivity index (χ0n) is 15.5. The van der Waals surface area contributed by atoms with Gasteiger partial charge in [-0.15, -0.1) is 0 Å². The second kappa shape index (κ2) is 7.88. The number of likely N-dealkylation sites (tertiary alicyclic amines) is 1. The molecule has 2 saturated heterocycles. The van der Waals surface area contributed by atoms with Crippen molar-refractivity contribution in [2.75, 3.05) is 44.2 Å². The number of halogens is 1. The number of imide groups is 1. The Morgan fingerprint density at radius 1 is 0.926 bits per heavy atom. The van der Waals surface area contributed by atoms with Gasteiger partial charge < -0.3 is 4.90 Å². The van der Waals surface area contributed by atoms with E-state index < -0.39 is 5.82 Å². The van der Waals surface area contributed by atoms with Gasteiger partial charge in [-0.05, 0) is 25.8 Å². The minimum atomic E-state index is -0.428. The molecule has 0 spiro atoms. The van der Waals surface area contributed by atoms with E-state index in [4.69, 9.17) is 0 Å². The zero-order valence-corrected chi connectivity index (χ0v) is 15.5. The third-order valence-electron chi connectivity index (χ3n) is 6.05. The number of hydrogen-bond acceptors (Lipinski definition) is 6. The molecule has 1 aromatic rings. The van der Waals surface area contributed by atoms with Crippen LogP contribution in [0.1, 0.15) is 32.1 Å². The minimum absolute atomic E-state index is 0.0505. The van der Waals surface area contributed by atoms with Crippen LogP contribution >= 0.6 is 0 Å². The van der Waals surface area contributed by atoms with Crippen LogP contribution in [0.2, 0.25) is 0 Å². The molecule has 27 heavy (non-hydrogen) atoms. The Bertz CT molecular complexity index is 666. The minimum Gasteiger partial charge on any atom is -0.338 e. The van der Waals surface area contributed by atoms with Crippen molar-refractivity contribution in [1.29, 1.82) is 0 Å². The molecule has 2 atom stereocenters. The smallest absolute Gasteiger partial charge is 0.233 e. The van der Waals surface area contributed by atoms with E-state index in [1.165, 1.54) is 17.3 Å². The number of fused-ring (bicyclic) bond motifs is 1. The van der Waals surface area contributed by atoms with E-state index in [9.17, 15) is 14.0 Å². The molecule has 1 aliphatic carbocycles. The van der Waals surface area contributed by atoms with Gasteiger partial charge in [-0.3, -0.25) is 19.4 Å². The van der Waals surface area contributed by atoms with Crippen molar-refractivity contribution in [2.45, 2.75) is 32.1 Å². The third-order valence-corrected chi connectivity index (χ3v) is 6.05. The summed E-state index contributed by atoms with van der Waals surface area (Å²) < 4.78 is 12.9. The molecule has 2 amide bonds. The van der Waals surface area contributed by atoms with Crippen LogP contribution < -0.4 is 4.90 Å². The van der Waals surface area contributed by atoms with Gasteiger partial charge in [-0.25, -0.2) is 14.4 Å². The third kappa shape index (κ3) is 3.81. The summed E-state index contributed by atoms with van der Waals surface area (Å²) in [6, 6.07) is 0. The average molecular weight is 375 g/mol. The van der Waals surface area contributed by atoms with Gasteiger partial charge in [-0.2, -0.15) is 0 Å². The molecule has 7 nitrogen and oxygen atoms in total. The number of amides is 2. The molecule has 1 saturated carbocycles. The van der Waals surface area contributed by atoms with E-state index >= 15 is 0 Å². The van der Waals surface area contributed by atoms with Gasteiger partial charge in [0, 0.05) is 32.7 Å². The number of aromatic nitrogens is 2.